The molecule has 7 nitrogen and oxygen atoms in total. The van der Waals surface area contributed by atoms with Crippen molar-refractivity contribution >= 4 is 10.0 Å². The SMILES string of the molecule is CS(=O)(=O)NCC[C@@H]1CN(Cc2ccoc2)Cc2cncn21. The first-order valence-electron chi connectivity index (χ1n) is 7.20. The molecule has 1 N–H and O–H groups in total. The van der Waals surface area contributed by atoms with Crippen LogP contribution in [0, 0.1) is 0 Å². The summed E-state index contributed by atoms with van der Waals surface area (Å²) in [5.74, 6) is 0. The van der Waals surface area contributed by atoms with E-state index in [1.807, 2.05) is 18.6 Å². The smallest absolute Gasteiger partial charge is 0.208 e. The van der Waals surface area contributed by atoms with Crippen molar-refractivity contribution in [3.63, 3.8) is 0 Å². The number of nitrogens with zero attached hydrogens (tertiary/aromatic N) is 3. The first-order chi connectivity index (χ1) is 10.5. The van der Waals surface area contributed by atoms with Gasteiger partial charge in [-0.3, -0.25) is 4.90 Å². The quantitative estimate of drug-likeness (QED) is 0.856. The molecule has 1 atom stereocenters. The lowest BCUT2D eigenvalue weighted by atomic mass is 10.1. The average Bonchev–Trinajstić information content (AvgIpc) is 3.08. The maximum Gasteiger partial charge on any atom is 0.208 e. The van der Waals surface area contributed by atoms with Crippen LogP contribution < -0.4 is 4.72 Å². The van der Waals surface area contributed by atoms with Gasteiger partial charge in [0.05, 0.1) is 30.8 Å². The molecular weight excluding hydrogens is 304 g/mol. The number of aromatic nitrogens is 2. The van der Waals surface area contributed by atoms with Gasteiger partial charge in [-0.2, -0.15) is 0 Å². The molecule has 0 aliphatic carbocycles. The fourth-order valence-corrected chi connectivity index (χ4v) is 3.35. The number of rotatable bonds is 6. The third kappa shape index (κ3) is 3.76. The summed E-state index contributed by atoms with van der Waals surface area (Å²) in [7, 11) is -3.14. The Bertz CT molecular complexity index is 708. The molecular formula is C14H20N4O3S. The van der Waals surface area contributed by atoms with Gasteiger partial charge in [0.1, 0.15) is 0 Å². The summed E-state index contributed by atoms with van der Waals surface area (Å²) in [4.78, 5) is 6.55. The number of sulfonamides is 1. The Hall–Kier alpha value is -1.64. The fraction of sp³-hybridized carbons (Fsp3) is 0.500. The van der Waals surface area contributed by atoms with Gasteiger partial charge in [-0.1, -0.05) is 0 Å². The topological polar surface area (TPSA) is 80.4 Å². The number of imidazole rings is 1. The minimum absolute atomic E-state index is 0.215. The van der Waals surface area contributed by atoms with Crippen LogP contribution >= 0.6 is 0 Å². The van der Waals surface area contributed by atoms with Gasteiger partial charge in [-0.25, -0.2) is 18.1 Å². The van der Waals surface area contributed by atoms with E-state index < -0.39 is 10.0 Å². The highest BCUT2D eigenvalue weighted by Gasteiger charge is 2.25. The van der Waals surface area contributed by atoms with E-state index in [1.54, 1.807) is 12.5 Å². The Morgan fingerprint density at radius 2 is 2.36 bits per heavy atom. The lowest BCUT2D eigenvalue weighted by Gasteiger charge is -2.34. The number of hydrogen-bond acceptors (Lipinski definition) is 5. The normalized spacial score (nSPS) is 19.2. The van der Waals surface area contributed by atoms with Crippen molar-refractivity contribution in [2.45, 2.75) is 25.6 Å². The Balaban J connectivity index is 1.66. The number of nitrogens with one attached hydrogen (secondary N) is 1. The zero-order valence-corrected chi connectivity index (χ0v) is 13.3. The molecule has 2 aromatic heterocycles. The second kappa shape index (κ2) is 6.23. The van der Waals surface area contributed by atoms with Crippen molar-refractivity contribution in [2.24, 2.45) is 0 Å². The second-order valence-electron chi connectivity index (χ2n) is 5.70. The van der Waals surface area contributed by atoms with Gasteiger partial charge in [0.25, 0.3) is 0 Å². The number of furan rings is 1. The molecule has 1 aliphatic heterocycles. The Kier molecular flexibility index (Phi) is 4.32. The molecule has 0 spiro atoms. The summed E-state index contributed by atoms with van der Waals surface area (Å²) in [6.07, 6.45) is 9.05. The molecule has 0 unspecified atom stereocenters. The lowest BCUT2D eigenvalue weighted by molar-refractivity contribution is 0.172. The zero-order chi connectivity index (χ0) is 15.6. The van der Waals surface area contributed by atoms with Crippen molar-refractivity contribution < 1.29 is 12.8 Å². The second-order valence-corrected chi connectivity index (χ2v) is 7.54. The van der Waals surface area contributed by atoms with Crippen molar-refractivity contribution in [3.8, 4) is 0 Å². The average molecular weight is 324 g/mol. The van der Waals surface area contributed by atoms with Crippen LogP contribution in [0.2, 0.25) is 0 Å². The summed E-state index contributed by atoms with van der Waals surface area (Å²) < 4.78 is 32.2. The molecule has 3 rings (SSSR count). The van der Waals surface area contributed by atoms with Crippen molar-refractivity contribution in [1.82, 2.24) is 19.2 Å². The van der Waals surface area contributed by atoms with Gasteiger partial charge < -0.3 is 8.98 Å². The van der Waals surface area contributed by atoms with E-state index in [0.717, 1.165) is 37.3 Å². The predicted octanol–water partition coefficient (Wildman–Crippen LogP) is 0.972. The van der Waals surface area contributed by atoms with Gasteiger partial charge in [0, 0.05) is 44.0 Å². The van der Waals surface area contributed by atoms with Crippen molar-refractivity contribution in [3.05, 3.63) is 42.4 Å². The highest BCUT2D eigenvalue weighted by Crippen LogP contribution is 2.24. The molecule has 2 aromatic rings. The maximum atomic E-state index is 11.2. The molecule has 22 heavy (non-hydrogen) atoms. The summed E-state index contributed by atoms with van der Waals surface area (Å²) in [6.45, 7) is 2.94. The van der Waals surface area contributed by atoms with Gasteiger partial charge >= 0.3 is 0 Å². The minimum atomic E-state index is -3.14. The highest BCUT2D eigenvalue weighted by molar-refractivity contribution is 7.88. The van der Waals surface area contributed by atoms with Crippen molar-refractivity contribution in [1.29, 1.82) is 0 Å². The monoisotopic (exact) mass is 324 g/mol. The molecule has 0 saturated carbocycles. The summed E-state index contributed by atoms with van der Waals surface area (Å²) in [6, 6.07) is 2.18. The van der Waals surface area contributed by atoms with E-state index in [9.17, 15) is 8.42 Å². The molecule has 0 bridgehead atoms. The van der Waals surface area contributed by atoms with Gasteiger partial charge in [-0.15, -0.1) is 0 Å². The van der Waals surface area contributed by atoms with Crippen LogP contribution in [0.15, 0.2) is 35.5 Å². The maximum absolute atomic E-state index is 11.2. The lowest BCUT2D eigenvalue weighted by Crippen LogP contribution is -2.38. The van der Waals surface area contributed by atoms with E-state index in [2.05, 4.69) is 19.2 Å². The Morgan fingerprint density at radius 3 is 3.09 bits per heavy atom. The molecule has 3 heterocycles. The van der Waals surface area contributed by atoms with E-state index in [1.165, 1.54) is 6.26 Å². The van der Waals surface area contributed by atoms with Crippen LogP contribution in [-0.2, 0) is 23.1 Å². The van der Waals surface area contributed by atoms with Crippen LogP contribution in [0.4, 0.5) is 0 Å². The fourth-order valence-electron chi connectivity index (χ4n) is 2.87. The summed E-state index contributed by atoms with van der Waals surface area (Å²) in [5.41, 5.74) is 2.29. The molecule has 0 fully saturated rings. The third-order valence-electron chi connectivity index (χ3n) is 3.82. The van der Waals surface area contributed by atoms with Gasteiger partial charge in [0.15, 0.2) is 0 Å². The molecule has 1 aliphatic rings. The Labute approximate surface area is 130 Å². The van der Waals surface area contributed by atoms with Crippen molar-refractivity contribution in [2.75, 3.05) is 19.3 Å². The molecule has 8 heteroatoms. The molecule has 120 valence electrons. The summed E-state index contributed by atoms with van der Waals surface area (Å²) >= 11 is 0. The van der Waals surface area contributed by atoms with E-state index in [4.69, 9.17) is 4.42 Å². The van der Waals surface area contributed by atoms with Gasteiger partial charge in [-0.05, 0) is 12.5 Å². The Morgan fingerprint density at radius 1 is 1.50 bits per heavy atom. The summed E-state index contributed by atoms with van der Waals surface area (Å²) in [5, 5.41) is 0. The van der Waals surface area contributed by atoms with Crippen LogP contribution in [0.5, 0.6) is 0 Å². The van der Waals surface area contributed by atoms with Gasteiger partial charge in [0.2, 0.25) is 10.0 Å². The zero-order valence-electron chi connectivity index (χ0n) is 12.5. The largest absolute Gasteiger partial charge is 0.472 e. The number of fused-ring (bicyclic) bond motifs is 1. The number of hydrogen-bond donors (Lipinski definition) is 1. The van der Waals surface area contributed by atoms with Crippen LogP contribution in [0.1, 0.15) is 23.7 Å². The third-order valence-corrected chi connectivity index (χ3v) is 4.55. The predicted molar refractivity (Wildman–Crippen MR) is 81.5 cm³/mol. The van der Waals surface area contributed by atoms with E-state index >= 15 is 0 Å². The first kappa shape index (κ1) is 15.3. The minimum Gasteiger partial charge on any atom is -0.472 e. The first-order valence-corrected chi connectivity index (χ1v) is 9.09. The standard InChI is InChI=1S/C14H20N4O3S/c1-22(19,20)16-4-2-13-8-17(7-12-3-5-21-10-12)9-14-6-15-11-18(13)14/h3,5-6,10-11,13,16H,2,4,7-9H2,1H3/t13-/m1/s1. The molecule has 0 amide bonds. The van der Waals surface area contributed by atoms with E-state index in [-0.39, 0.29) is 6.04 Å². The molecule has 0 radical (unpaired) electrons. The van der Waals surface area contributed by atoms with Crippen LogP contribution in [-0.4, -0.2) is 42.2 Å². The highest BCUT2D eigenvalue weighted by atomic mass is 32.2. The molecule has 0 saturated heterocycles. The molecule has 0 aromatic carbocycles. The van der Waals surface area contributed by atoms with E-state index in [0.29, 0.717) is 6.54 Å². The van der Waals surface area contributed by atoms with Crippen LogP contribution in [0.25, 0.3) is 0 Å². The van der Waals surface area contributed by atoms with Crippen LogP contribution in [0.3, 0.4) is 0 Å².